The lowest BCUT2D eigenvalue weighted by Crippen LogP contribution is -2.12. The summed E-state index contributed by atoms with van der Waals surface area (Å²) in [6.45, 7) is 23.2. The molecule has 72 heavy (non-hydrogen) atoms. The third kappa shape index (κ3) is 22.5. The molecule has 0 unspecified atom stereocenters. The van der Waals surface area contributed by atoms with Gasteiger partial charge >= 0.3 is 25.5 Å². The number of ether oxygens (including phenoxy) is 3. The van der Waals surface area contributed by atoms with Crippen LogP contribution in [0.4, 0.5) is 0 Å². The highest BCUT2D eigenvalue weighted by Gasteiger charge is 2.28. The van der Waals surface area contributed by atoms with Gasteiger partial charge in [-0.3, -0.25) is 18.9 Å². The van der Waals surface area contributed by atoms with E-state index >= 15 is 0 Å². The van der Waals surface area contributed by atoms with Gasteiger partial charge < -0.3 is 23.3 Å². The Labute approximate surface area is 447 Å². The highest BCUT2D eigenvalue weighted by Crippen LogP contribution is 2.47. The summed E-state index contributed by atoms with van der Waals surface area (Å²) in [4.78, 5) is 74.9. The van der Waals surface area contributed by atoms with Crippen molar-refractivity contribution in [2.24, 2.45) is 17.8 Å². The molecule has 0 saturated heterocycles. The molecule has 0 aliphatic rings. The highest BCUT2D eigenvalue weighted by atomic mass is 32.1. The first-order chi connectivity index (χ1) is 34.5. The van der Waals surface area contributed by atoms with E-state index in [-0.39, 0.29) is 37.9 Å². The van der Waals surface area contributed by atoms with E-state index in [0.29, 0.717) is 49.5 Å². The molecule has 16 nitrogen and oxygen atoms in total. The van der Waals surface area contributed by atoms with Crippen LogP contribution in [-0.2, 0) is 67.9 Å². The summed E-state index contributed by atoms with van der Waals surface area (Å²) in [5, 5.41) is 11.3. The summed E-state index contributed by atoms with van der Waals surface area (Å²) in [6, 6.07) is 0. The molecule has 23 heteroatoms. The fourth-order valence-electron chi connectivity index (χ4n) is 6.03. The van der Waals surface area contributed by atoms with Crippen molar-refractivity contribution in [2.45, 2.75) is 108 Å². The lowest BCUT2D eigenvalue weighted by Gasteiger charge is -2.15. The van der Waals surface area contributed by atoms with Crippen LogP contribution in [0.1, 0.15) is 119 Å². The predicted molar refractivity (Wildman–Crippen MR) is 294 cm³/mol. The number of aryl methyl sites for hydroxylation is 1. The van der Waals surface area contributed by atoms with E-state index in [1.54, 1.807) is 120 Å². The number of aldehydes is 1. The van der Waals surface area contributed by atoms with Gasteiger partial charge in [-0.05, 0) is 77.7 Å². The fraction of sp³-hybridized carbons (Fsp3) is 0.510. The van der Waals surface area contributed by atoms with Crippen LogP contribution in [0, 0.1) is 17.8 Å². The second-order valence-corrected chi connectivity index (χ2v) is 24.3. The number of thiazole rings is 6. The number of carbonyl (C=O) groups excluding carboxylic acids is 4. The normalized spacial score (nSPS) is 11.2. The summed E-state index contributed by atoms with van der Waals surface area (Å²) in [5.74, 6) is 0.579. The summed E-state index contributed by atoms with van der Waals surface area (Å²) >= 11 is 9.63. The van der Waals surface area contributed by atoms with E-state index in [1.165, 1.54) is 15.8 Å². The van der Waals surface area contributed by atoms with Gasteiger partial charge in [-0.2, -0.15) is 0 Å². The quantitative estimate of drug-likeness (QED) is 0.0181. The van der Waals surface area contributed by atoms with Crippen molar-refractivity contribution in [1.29, 1.82) is 0 Å². The Morgan fingerprint density at radius 2 is 1.00 bits per heavy atom. The lowest BCUT2D eigenvalue weighted by molar-refractivity contribution is -0.143. The molecule has 0 amide bonds. The van der Waals surface area contributed by atoms with Crippen LogP contribution in [0.5, 0.6) is 0 Å². The van der Waals surface area contributed by atoms with Crippen molar-refractivity contribution in [1.82, 2.24) is 29.9 Å². The van der Waals surface area contributed by atoms with Gasteiger partial charge in [0.1, 0.15) is 11.9 Å². The van der Waals surface area contributed by atoms with E-state index in [1.807, 2.05) is 23.1 Å². The molecule has 6 rings (SSSR count). The van der Waals surface area contributed by atoms with Crippen LogP contribution < -0.4 is 0 Å². The second-order valence-electron chi connectivity index (χ2n) is 16.3. The minimum absolute atomic E-state index is 0.156. The maximum atomic E-state index is 11.8. The van der Waals surface area contributed by atoms with Gasteiger partial charge in [0.05, 0.1) is 50.8 Å². The molecule has 0 aromatic carbocycles. The molecule has 6 aromatic rings. The SMILES string of the molecule is CC(C)Cc1sc(-c2nccs2)nc1C=O.CCOC(=O)/C=C/c1nc(-c2nccs2)sc1CC(C)C.CCOC(=O)CCc1nc(-c2nccs2)sc1CC(C)C.CCOC(=O)CP(=O)(OCC)OCC. The number of rotatable bonds is 24. The molecule has 0 N–H and O–H groups in total. The van der Waals surface area contributed by atoms with Gasteiger partial charge in [-0.25, -0.2) is 34.7 Å². The molecule has 6 heterocycles. The molecule has 0 radical (unpaired) electrons. The minimum atomic E-state index is -3.28. The number of carbonyl (C=O) groups is 4. The first kappa shape index (κ1) is 62.0. The summed E-state index contributed by atoms with van der Waals surface area (Å²) in [5.41, 5.74) is 2.43. The van der Waals surface area contributed by atoms with Crippen LogP contribution >= 0.6 is 75.6 Å². The van der Waals surface area contributed by atoms with Crippen molar-refractivity contribution in [3.8, 4) is 30.0 Å². The minimum Gasteiger partial charge on any atom is -0.466 e. The Morgan fingerprint density at radius 3 is 1.43 bits per heavy atom. The maximum absolute atomic E-state index is 11.8. The summed E-state index contributed by atoms with van der Waals surface area (Å²) < 4.78 is 36.1. The van der Waals surface area contributed by atoms with Gasteiger partial charge in [-0.15, -0.1) is 68.0 Å². The van der Waals surface area contributed by atoms with Crippen molar-refractivity contribution in [3.05, 3.63) is 72.5 Å². The van der Waals surface area contributed by atoms with Crippen LogP contribution in [0.2, 0.25) is 0 Å². The molecule has 0 spiro atoms. The number of hydrogen-bond acceptors (Lipinski definition) is 22. The second kappa shape index (κ2) is 33.5. The highest BCUT2D eigenvalue weighted by molar-refractivity contribution is 7.54. The zero-order chi connectivity index (χ0) is 53.1. The average Bonchev–Trinajstić information content (AvgIpc) is 4.18. The Bertz CT molecular complexity index is 2560. The number of esters is 3. The number of aromatic nitrogens is 6. The van der Waals surface area contributed by atoms with Gasteiger partial charge in [0.2, 0.25) is 0 Å². The topological polar surface area (TPSA) is 209 Å². The first-order valence-electron chi connectivity index (χ1n) is 23.6. The molecule has 0 fully saturated rings. The Balaban J connectivity index is 0.000000257. The fourth-order valence-corrected chi connectivity index (χ4v) is 13.3. The van der Waals surface area contributed by atoms with E-state index in [9.17, 15) is 23.7 Å². The van der Waals surface area contributed by atoms with Gasteiger partial charge in [0, 0.05) is 61.9 Å². The van der Waals surface area contributed by atoms with Crippen LogP contribution in [0.3, 0.4) is 0 Å². The smallest absolute Gasteiger partial charge is 0.341 e. The lowest BCUT2D eigenvalue weighted by atomic mass is 10.1. The molecule has 0 aliphatic carbocycles. The molecule has 0 saturated carbocycles. The molecule has 6 aromatic heterocycles. The van der Waals surface area contributed by atoms with E-state index in [4.69, 9.17) is 23.5 Å². The Kier molecular flexibility index (Phi) is 28.9. The molecule has 394 valence electrons. The summed E-state index contributed by atoms with van der Waals surface area (Å²) in [6.07, 6.45) is 12.9. The zero-order valence-corrected chi connectivity index (χ0v) is 48.7. The van der Waals surface area contributed by atoms with E-state index < -0.39 is 13.6 Å². The number of nitrogens with zero attached hydrogens (tertiary/aromatic N) is 6. The third-order valence-corrected chi connectivity index (χ3v) is 16.8. The van der Waals surface area contributed by atoms with Crippen molar-refractivity contribution in [3.63, 3.8) is 0 Å². The molecule has 0 aliphatic heterocycles. The van der Waals surface area contributed by atoms with Crippen LogP contribution in [0.15, 0.2) is 40.8 Å². The summed E-state index contributed by atoms with van der Waals surface area (Å²) in [7, 11) is -3.28. The number of hydrogen-bond donors (Lipinski definition) is 0. The van der Waals surface area contributed by atoms with Gasteiger partial charge in [0.15, 0.2) is 36.3 Å². The molecule has 0 atom stereocenters. The van der Waals surface area contributed by atoms with E-state index in [0.717, 1.165) is 71.9 Å². The van der Waals surface area contributed by atoms with Crippen molar-refractivity contribution >= 4 is 106 Å². The van der Waals surface area contributed by atoms with E-state index in [2.05, 4.69) is 71.2 Å². The largest absolute Gasteiger partial charge is 0.466 e. The van der Waals surface area contributed by atoms with Gasteiger partial charge in [-0.1, -0.05) is 41.5 Å². The predicted octanol–water partition coefficient (Wildman–Crippen LogP) is 13.1. The molecular weight excluding hydrogens is 1060 g/mol. The van der Waals surface area contributed by atoms with Crippen molar-refractivity contribution in [2.75, 3.05) is 39.2 Å². The van der Waals surface area contributed by atoms with Crippen molar-refractivity contribution < 1.29 is 47.0 Å². The standard InChI is InChI=1S/C15H20N2O2S2.C15H18N2O2S2.C11H12N2OS2.C8H17O5P/c2*1-4-19-13(18)6-5-11-12(9-10(2)3)21-15(17-11)14-16-7-8-20-14;1-7(2)5-9-8(6-14)13-11(16-9)10-12-3-4-15-10;1-4-11-8(9)7-14(10,12-5-2)13-6-3/h7-8,10H,4-6,9H2,1-3H3;5-8,10H,4,9H2,1-3H3;3-4,6-7H,5H2,1-2H3;4-7H2,1-3H3/b;6-5+;;. The molecule has 0 bridgehead atoms. The Hall–Kier alpha value is -4.25. The first-order valence-corrected chi connectivity index (χ1v) is 30.5. The van der Waals surface area contributed by atoms with Crippen LogP contribution in [0.25, 0.3) is 36.1 Å². The average molecular weight is 1120 g/mol. The Morgan fingerprint density at radius 1 is 0.569 bits per heavy atom. The monoisotopic (exact) mass is 1120 g/mol. The maximum Gasteiger partial charge on any atom is 0.341 e. The molecular formula is C49H67N6O10PS6. The van der Waals surface area contributed by atoms with Crippen LogP contribution in [-0.4, -0.2) is 93.3 Å². The van der Waals surface area contributed by atoms with Gasteiger partial charge in [0.25, 0.3) is 0 Å². The third-order valence-electron chi connectivity index (χ3n) is 8.79. The zero-order valence-electron chi connectivity index (χ0n) is 42.9.